The van der Waals surface area contributed by atoms with Gasteiger partial charge in [-0.1, -0.05) is 35.9 Å². The standard InChI is InChI=1S/C21H18ClN5O/c22-15-6-4-13(5-7-15)17-9-27(20-18(17)19(23)25-12-26-20)16-3-1-2-14(8-16)21(28)10-24-11-21/h1-9,12,24,28H,10-11H2,(H2,23,25,26). The van der Waals surface area contributed by atoms with E-state index in [0.717, 1.165) is 27.8 Å². The second kappa shape index (κ2) is 6.31. The maximum atomic E-state index is 10.7. The van der Waals surface area contributed by atoms with Crippen molar-refractivity contribution in [2.75, 3.05) is 18.8 Å². The quantitative estimate of drug-likeness (QED) is 0.499. The molecule has 1 aliphatic heterocycles. The lowest BCUT2D eigenvalue weighted by atomic mass is 9.88. The molecule has 0 spiro atoms. The third-order valence-corrected chi connectivity index (χ3v) is 5.52. The fourth-order valence-corrected chi connectivity index (χ4v) is 3.77. The van der Waals surface area contributed by atoms with Crippen LogP contribution in [0.25, 0.3) is 27.8 Å². The molecule has 140 valence electrons. The molecule has 5 rings (SSSR count). The molecule has 1 saturated heterocycles. The van der Waals surface area contributed by atoms with E-state index in [0.29, 0.717) is 29.6 Å². The van der Waals surface area contributed by atoms with Crippen molar-refractivity contribution in [3.8, 4) is 16.8 Å². The molecule has 1 aliphatic rings. The average Bonchev–Trinajstić information content (AvgIpc) is 3.08. The number of benzene rings is 2. The number of hydrogen-bond donors (Lipinski definition) is 3. The molecule has 4 N–H and O–H groups in total. The summed E-state index contributed by atoms with van der Waals surface area (Å²) in [7, 11) is 0. The average molecular weight is 392 g/mol. The van der Waals surface area contributed by atoms with Gasteiger partial charge in [-0.2, -0.15) is 0 Å². The van der Waals surface area contributed by atoms with Gasteiger partial charge in [-0.3, -0.25) is 0 Å². The summed E-state index contributed by atoms with van der Waals surface area (Å²) >= 11 is 6.05. The summed E-state index contributed by atoms with van der Waals surface area (Å²) in [5.41, 5.74) is 9.78. The summed E-state index contributed by atoms with van der Waals surface area (Å²) in [6.45, 7) is 1.10. The maximum absolute atomic E-state index is 10.7. The first-order valence-corrected chi connectivity index (χ1v) is 9.34. The number of nitrogen functional groups attached to an aromatic ring is 1. The highest BCUT2D eigenvalue weighted by Gasteiger charge is 2.36. The number of aliphatic hydroxyl groups is 1. The first-order valence-electron chi connectivity index (χ1n) is 8.97. The number of nitrogens with zero attached hydrogens (tertiary/aromatic N) is 3. The van der Waals surface area contributed by atoms with E-state index in [1.165, 1.54) is 6.33 Å². The normalized spacial score (nSPS) is 15.5. The van der Waals surface area contributed by atoms with E-state index in [-0.39, 0.29) is 0 Å². The summed E-state index contributed by atoms with van der Waals surface area (Å²) in [6.07, 6.45) is 3.47. The maximum Gasteiger partial charge on any atom is 0.150 e. The van der Waals surface area contributed by atoms with Crippen LogP contribution >= 0.6 is 11.6 Å². The van der Waals surface area contributed by atoms with Crippen LogP contribution in [0.4, 0.5) is 5.82 Å². The van der Waals surface area contributed by atoms with E-state index in [4.69, 9.17) is 17.3 Å². The molecule has 0 radical (unpaired) electrons. The van der Waals surface area contributed by atoms with Gasteiger partial charge in [0.25, 0.3) is 0 Å². The summed E-state index contributed by atoms with van der Waals surface area (Å²) in [5, 5.41) is 15.3. The van der Waals surface area contributed by atoms with Crippen molar-refractivity contribution in [1.29, 1.82) is 0 Å². The Morgan fingerprint density at radius 2 is 1.89 bits per heavy atom. The number of aromatic nitrogens is 3. The zero-order valence-corrected chi connectivity index (χ0v) is 15.7. The molecule has 7 heteroatoms. The Kier molecular flexibility index (Phi) is 3.87. The zero-order chi connectivity index (χ0) is 19.3. The highest BCUT2D eigenvalue weighted by molar-refractivity contribution is 6.30. The number of rotatable bonds is 3. The van der Waals surface area contributed by atoms with E-state index in [2.05, 4.69) is 15.3 Å². The molecule has 1 fully saturated rings. The second-order valence-electron chi connectivity index (χ2n) is 7.06. The molecule has 4 aromatic rings. The van der Waals surface area contributed by atoms with Crippen LogP contribution in [0, 0.1) is 0 Å². The van der Waals surface area contributed by atoms with Gasteiger partial charge in [0.1, 0.15) is 17.7 Å². The predicted molar refractivity (Wildman–Crippen MR) is 110 cm³/mol. The van der Waals surface area contributed by atoms with Crippen LogP contribution in [0.1, 0.15) is 5.56 Å². The lowest BCUT2D eigenvalue weighted by Crippen LogP contribution is -2.56. The van der Waals surface area contributed by atoms with E-state index >= 15 is 0 Å². The summed E-state index contributed by atoms with van der Waals surface area (Å²) in [6, 6.07) is 15.5. The highest BCUT2D eigenvalue weighted by Crippen LogP contribution is 2.35. The van der Waals surface area contributed by atoms with Crippen molar-refractivity contribution in [3.63, 3.8) is 0 Å². The van der Waals surface area contributed by atoms with Crippen LogP contribution in [0.5, 0.6) is 0 Å². The third kappa shape index (κ3) is 2.65. The van der Waals surface area contributed by atoms with E-state index in [9.17, 15) is 5.11 Å². The Morgan fingerprint density at radius 3 is 2.61 bits per heavy atom. The molecule has 0 amide bonds. The van der Waals surface area contributed by atoms with E-state index < -0.39 is 5.60 Å². The van der Waals surface area contributed by atoms with Crippen LogP contribution < -0.4 is 11.1 Å². The molecule has 0 saturated carbocycles. The lowest BCUT2D eigenvalue weighted by Gasteiger charge is -2.38. The van der Waals surface area contributed by atoms with Crippen LogP contribution in [0.3, 0.4) is 0 Å². The fraction of sp³-hybridized carbons (Fsp3) is 0.143. The van der Waals surface area contributed by atoms with Crippen molar-refractivity contribution in [2.45, 2.75) is 5.60 Å². The number of hydrogen-bond acceptors (Lipinski definition) is 5. The molecule has 2 aromatic heterocycles. The minimum absolute atomic E-state index is 0.423. The van der Waals surface area contributed by atoms with Gasteiger partial charge in [-0.15, -0.1) is 0 Å². The van der Waals surface area contributed by atoms with Gasteiger partial charge in [0.15, 0.2) is 5.65 Å². The molecule has 3 heterocycles. The zero-order valence-electron chi connectivity index (χ0n) is 14.9. The monoisotopic (exact) mass is 391 g/mol. The molecule has 0 unspecified atom stereocenters. The number of nitrogens with one attached hydrogen (secondary N) is 1. The van der Waals surface area contributed by atoms with Crippen molar-refractivity contribution >= 4 is 28.5 Å². The minimum atomic E-state index is -0.827. The summed E-state index contributed by atoms with van der Waals surface area (Å²) in [5.74, 6) is 0.423. The third-order valence-electron chi connectivity index (χ3n) is 5.26. The van der Waals surface area contributed by atoms with Crippen molar-refractivity contribution in [1.82, 2.24) is 19.9 Å². The molecular weight excluding hydrogens is 374 g/mol. The van der Waals surface area contributed by atoms with Gasteiger partial charge in [-0.25, -0.2) is 9.97 Å². The summed E-state index contributed by atoms with van der Waals surface area (Å²) in [4.78, 5) is 8.66. The Bertz CT molecular complexity index is 1180. The Morgan fingerprint density at radius 1 is 1.11 bits per heavy atom. The minimum Gasteiger partial charge on any atom is -0.383 e. The first kappa shape index (κ1) is 17.2. The molecule has 0 bridgehead atoms. The second-order valence-corrected chi connectivity index (χ2v) is 7.50. The lowest BCUT2D eigenvalue weighted by molar-refractivity contribution is -0.0146. The molecule has 28 heavy (non-hydrogen) atoms. The van der Waals surface area contributed by atoms with Crippen LogP contribution in [-0.2, 0) is 5.60 Å². The topological polar surface area (TPSA) is 89.0 Å². The SMILES string of the molecule is Nc1ncnc2c1c(-c1ccc(Cl)cc1)cn2-c1cccc(C2(O)CNC2)c1. The van der Waals surface area contributed by atoms with Gasteiger partial charge < -0.3 is 20.7 Å². The molecule has 6 nitrogen and oxygen atoms in total. The number of fused-ring (bicyclic) bond motifs is 1. The predicted octanol–water partition coefficient (Wildman–Crippen LogP) is 3.11. The van der Waals surface area contributed by atoms with Gasteiger partial charge in [0.05, 0.1) is 5.39 Å². The first-order chi connectivity index (χ1) is 13.5. The van der Waals surface area contributed by atoms with Gasteiger partial charge in [0, 0.05) is 35.6 Å². The van der Waals surface area contributed by atoms with Gasteiger partial charge in [-0.05, 0) is 35.4 Å². The van der Waals surface area contributed by atoms with Crippen LogP contribution in [0.15, 0.2) is 61.1 Å². The van der Waals surface area contributed by atoms with Gasteiger partial charge >= 0.3 is 0 Å². The molecule has 0 atom stereocenters. The Hall–Kier alpha value is -2.93. The largest absolute Gasteiger partial charge is 0.383 e. The number of anilines is 1. The smallest absolute Gasteiger partial charge is 0.150 e. The van der Waals surface area contributed by atoms with E-state index in [1.54, 1.807) is 0 Å². The van der Waals surface area contributed by atoms with Gasteiger partial charge in [0.2, 0.25) is 0 Å². The van der Waals surface area contributed by atoms with Crippen molar-refractivity contribution in [2.24, 2.45) is 0 Å². The fourth-order valence-electron chi connectivity index (χ4n) is 3.64. The number of nitrogens with two attached hydrogens (primary N) is 1. The summed E-state index contributed by atoms with van der Waals surface area (Å²) < 4.78 is 1.98. The Labute approximate surface area is 166 Å². The molecule has 2 aromatic carbocycles. The van der Waals surface area contributed by atoms with Crippen LogP contribution in [0.2, 0.25) is 5.02 Å². The Balaban J connectivity index is 1.72. The van der Waals surface area contributed by atoms with E-state index in [1.807, 2.05) is 59.3 Å². The molecule has 0 aliphatic carbocycles. The van der Waals surface area contributed by atoms with Crippen LogP contribution in [-0.4, -0.2) is 32.7 Å². The number of halogens is 1. The number of β-amino-alcohol motifs (C(OH)–C–C–N with tert-alkyl or cyclic N) is 1. The molecular formula is C21H18ClN5O. The highest BCUT2D eigenvalue weighted by atomic mass is 35.5. The van der Waals surface area contributed by atoms with Crippen molar-refractivity contribution in [3.05, 3.63) is 71.6 Å². The van der Waals surface area contributed by atoms with Crippen molar-refractivity contribution < 1.29 is 5.11 Å².